The quantitative estimate of drug-likeness (QED) is 0.711. The van der Waals surface area contributed by atoms with Gasteiger partial charge in [-0.3, -0.25) is 0 Å². The van der Waals surface area contributed by atoms with E-state index in [1.165, 1.54) is 21.5 Å². The number of hydrogen-bond donors (Lipinski definition) is 0. The van der Waals surface area contributed by atoms with Crippen molar-refractivity contribution >= 4 is 15.9 Å². The summed E-state index contributed by atoms with van der Waals surface area (Å²) in [5, 5.41) is 0. The fraction of sp³-hybridized carbons (Fsp3) is 0.364. The highest BCUT2D eigenvalue weighted by atomic mass is 79.9. The van der Waals surface area contributed by atoms with Gasteiger partial charge in [0.25, 0.3) is 0 Å². The number of halogens is 1. The Labute approximate surface area is 83.1 Å². The first kappa shape index (κ1) is 9.79. The van der Waals surface area contributed by atoms with E-state index in [1.807, 2.05) is 0 Å². The van der Waals surface area contributed by atoms with Crippen LogP contribution >= 0.6 is 15.9 Å². The van der Waals surface area contributed by atoms with Crippen LogP contribution in [0.1, 0.15) is 31.4 Å². The lowest BCUT2D eigenvalue weighted by Crippen LogP contribution is -1.92. The van der Waals surface area contributed by atoms with E-state index in [9.17, 15) is 0 Å². The third-order valence-electron chi connectivity index (χ3n) is 2.07. The molecular weight excluding hydrogens is 212 g/mol. The van der Waals surface area contributed by atoms with Crippen molar-refractivity contribution in [2.45, 2.75) is 27.2 Å². The molecule has 1 aromatic rings. The van der Waals surface area contributed by atoms with Gasteiger partial charge in [0.2, 0.25) is 0 Å². The minimum Gasteiger partial charge on any atom is -0.0645 e. The maximum absolute atomic E-state index is 3.50. The zero-order valence-electron chi connectivity index (χ0n) is 7.82. The van der Waals surface area contributed by atoms with Gasteiger partial charge in [-0.1, -0.05) is 35.8 Å². The average Bonchev–Trinajstić information content (AvgIpc) is 2.01. The first-order valence-electron chi connectivity index (χ1n) is 4.23. The van der Waals surface area contributed by atoms with Gasteiger partial charge in [0.05, 0.1) is 0 Å². The number of hydrogen-bond acceptors (Lipinski definition) is 0. The molecule has 1 aromatic carbocycles. The molecule has 1 heteroatoms. The third-order valence-corrected chi connectivity index (χ3v) is 2.52. The van der Waals surface area contributed by atoms with Gasteiger partial charge in [-0.05, 0) is 36.6 Å². The summed E-state index contributed by atoms with van der Waals surface area (Å²) in [7, 11) is 0. The summed E-state index contributed by atoms with van der Waals surface area (Å²) in [6.45, 7) is 6.49. The second kappa shape index (κ2) is 4.08. The minimum absolute atomic E-state index is 1.12. The molecule has 0 atom stereocenters. The molecule has 65 valence electrons. The van der Waals surface area contributed by atoms with Crippen molar-refractivity contribution in [3.63, 3.8) is 0 Å². The van der Waals surface area contributed by atoms with Crippen LogP contribution in [0.25, 0.3) is 0 Å². The van der Waals surface area contributed by atoms with Gasteiger partial charge >= 0.3 is 0 Å². The molecule has 0 aliphatic rings. The molecule has 0 fully saturated rings. The molecule has 1 radical (unpaired) electrons. The van der Waals surface area contributed by atoms with Crippen molar-refractivity contribution in [3.05, 3.63) is 39.7 Å². The fourth-order valence-electron chi connectivity index (χ4n) is 1.19. The van der Waals surface area contributed by atoms with Crippen LogP contribution < -0.4 is 0 Å². The Morgan fingerprint density at radius 3 is 2.50 bits per heavy atom. The normalized spacial score (nSPS) is 10.8. The minimum atomic E-state index is 1.12. The summed E-state index contributed by atoms with van der Waals surface area (Å²) < 4.78 is 1.17. The average molecular weight is 226 g/mol. The van der Waals surface area contributed by atoms with Gasteiger partial charge in [-0.15, -0.1) is 0 Å². The monoisotopic (exact) mass is 225 g/mol. The molecule has 0 N–H and O–H groups in total. The molecule has 0 heterocycles. The van der Waals surface area contributed by atoms with Gasteiger partial charge < -0.3 is 0 Å². The lowest BCUT2D eigenvalue weighted by Gasteiger charge is -2.09. The smallest absolute Gasteiger partial charge is 0.0180 e. The van der Waals surface area contributed by atoms with Crippen molar-refractivity contribution in [2.75, 3.05) is 0 Å². The second-order valence-electron chi connectivity index (χ2n) is 3.15. The maximum Gasteiger partial charge on any atom is 0.0180 e. The third kappa shape index (κ3) is 2.34. The summed E-state index contributed by atoms with van der Waals surface area (Å²) in [5.41, 5.74) is 2.66. The topological polar surface area (TPSA) is 0 Å². The fourth-order valence-corrected chi connectivity index (χ4v) is 1.79. The van der Waals surface area contributed by atoms with Crippen molar-refractivity contribution in [2.24, 2.45) is 0 Å². The Bertz CT molecular complexity index is 245. The number of rotatable bonds is 2. The van der Waals surface area contributed by atoms with Gasteiger partial charge in [0.1, 0.15) is 0 Å². The highest BCUT2D eigenvalue weighted by Gasteiger charge is 2.04. The van der Waals surface area contributed by atoms with E-state index >= 15 is 0 Å². The van der Waals surface area contributed by atoms with Crippen molar-refractivity contribution in [3.8, 4) is 0 Å². The highest BCUT2D eigenvalue weighted by molar-refractivity contribution is 9.10. The second-order valence-corrected chi connectivity index (χ2v) is 4.07. The number of benzene rings is 1. The van der Waals surface area contributed by atoms with E-state index in [-0.39, 0.29) is 0 Å². The van der Waals surface area contributed by atoms with Gasteiger partial charge in [0.15, 0.2) is 0 Å². The SMILES string of the molecule is CC[C](C)c1cc(C)cc(Br)c1. The molecule has 0 bridgehead atoms. The summed E-state index contributed by atoms with van der Waals surface area (Å²) >= 11 is 3.50. The molecule has 0 saturated heterocycles. The molecule has 12 heavy (non-hydrogen) atoms. The Hall–Kier alpha value is -0.300. The number of aryl methyl sites for hydroxylation is 1. The van der Waals surface area contributed by atoms with E-state index in [2.05, 4.69) is 54.9 Å². The van der Waals surface area contributed by atoms with E-state index in [1.54, 1.807) is 0 Å². The first-order chi connectivity index (χ1) is 5.63. The summed E-state index contributed by atoms with van der Waals surface area (Å²) in [5.74, 6) is 1.44. The molecule has 0 aliphatic heterocycles. The Morgan fingerprint density at radius 2 is 2.00 bits per heavy atom. The van der Waals surface area contributed by atoms with Crippen molar-refractivity contribution < 1.29 is 0 Å². The van der Waals surface area contributed by atoms with Gasteiger partial charge in [0, 0.05) is 10.4 Å². The van der Waals surface area contributed by atoms with E-state index in [0.29, 0.717) is 0 Å². The first-order valence-corrected chi connectivity index (χ1v) is 5.02. The Morgan fingerprint density at radius 1 is 1.33 bits per heavy atom. The molecule has 0 aliphatic carbocycles. The Kier molecular flexibility index (Phi) is 3.33. The molecule has 0 saturated carbocycles. The standard InChI is InChI=1S/C11H14Br/c1-4-9(3)10-5-8(2)6-11(12)7-10/h5-7H,4H2,1-3H3. The molecule has 0 aromatic heterocycles. The zero-order chi connectivity index (χ0) is 9.14. The van der Waals surface area contributed by atoms with Crippen LogP contribution in [0.5, 0.6) is 0 Å². The van der Waals surface area contributed by atoms with Crippen LogP contribution in [-0.2, 0) is 0 Å². The van der Waals surface area contributed by atoms with Gasteiger partial charge in [-0.25, -0.2) is 0 Å². The van der Waals surface area contributed by atoms with Crippen LogP contribution in [0.2, 0.25) is 0 Å². The predicted molar refractivity (Wildman–Crippen MR) is 57.2 cm³/mol. The zero-order valence-corrected chi connectivity index (χ0v) is 9.40. The van der Waals surface area contributed by atoms with E-state index in [4.69, 9.17) is 0 Å². The molecule has 0 nitrogen and oxygen atoms in total. The van der Waals surface area contributed by atoms with E-state index in [0.717, 1.165) is 6.42 Å². The molecule has 0 spiro atoms. The van der Waals surface area contributed by atoms with Crippen LogP contribution in [-0.4, -0.2) is 0 Å². The molecular formula is C11H14Br. The van der Waals surface area contributed by atoms with Gasteiger partial charge in [-0.2, -0.15) is 0 Å². The van der Waals surface area contributed by atoms with Crippen LogP contribution in [0, 0.1) is 12.8 Å². The predicted octanol–water partition coefficient (Wildman–Crippen LogP) is 4.11. The summed E-state index contributed by atoms with van der Waals surface area (Å²) in [6.07, 6.45) is 1.12. The van der Waals surface area contributed by atoms with Crippen LogP contribution in [0.4, 0.5) is 0 Å². The van der Waals surface area contributed by atoms with Crippen LogP contribution in [0.15, 0.2) is 22.7 Å². The largest absolute Gasteiger partial charge is 0.0645 e. The van der Waals surface area contributed by atoms with E-state index < -0.39 is 0 Å². The van der Waals surface area contributed by atoms with Crippen molar-refractivity contribution in [1.82, 2.24) is 0 Å². The maximum atomic E-state index is 3.50. The molecule has 0 unspecified atom stereocenters. The molecule has 1 rings (SSSR count). The lowest BCUT2D eigenvalue weighted by atomic mass is 9.97. The van der Waals surface area contributed by atoms with Crippen LogP contribution in [0.3, 0.4) is 0 Å². The summed E-state index contributed by atoms with van der Waals surface area (Å²) in [4.78, 5) is 0. The Balaban J connectivity index is 3.00. The molecule has 0 amide bonds. The lowest BCUT2D eigenvalue weighted by molar-refractivity contribution is 0.955. The highest BCUT2D eigenvalue weighted by Crippen LogP contribution is 2.22. The van der Waals surface area contributed by atoms with Crippen molar-refractivity contribution in [1.29, 1.82) is 0 Å². The summed E-state index contributed by atoms with van der Waals surface area (Å²) in [6, 6.07) is 6.53.